The molecule has 2 rings (SSSR count). The van der Waals surface area contributed by atoms with Crippen molar-refractivity contribution in [1.82, 2.24) is 9.55 Å². The van der Waals surface area contributed by atoms with Crippen LogP contribution in [0.15, 0.2) is 24.5 Å². The molecule has 0 spiro atoms. The Labute approximate surface area is 111 Å². The van der Waals surface area contributed by atoms with Crippen molar-refractivity contribution in [2.75, 3.05) is 5.32 Å². The van der Waals surface area contributed by atoms with Crippen molar-refractivity contribution < 1.29 is 4.39 Å². The number of nitrogens with zero attached hydrogens (tertiary/aromatic N) is 3. The molecule has 5 heteroatoms. The molecule has 1 heterocycles. The van der Waals surface area contributed by atoms with Crippen molar-refractivity contribution in [1.29, 1.82) is 5.26 Å². The van der Waals surface area contributed by atoms with E-state index >= 15 is 0 Å². The lowest BCUT2D eigenvalue weighted by atomic mass is 10.1. The minimum atomic E-state index is -0.375. The summed E-state index contributed by atoms with van der Waals surface area (Å²) >= 11 is 0. The normalized spacial score (nSPS) is 10.2. The van der Waals surface area contributed by atoms with E-state index in [-0.39, 0.29) is 5.82 Å². The maximum absolute atomic E-state index is 13.6. The molecule has 0 aliphatic heterocycles. The molecule has 19 heavy (non-hydrogen) atoms. The summed E-state index contributed by atoms with van der Waals surface area (Å²) in [6.45, 7) is 5.05. The molecule has 2 aromatic rings. The van der Waals surface area contributed by atoms with Crippen molar-refractivity contribution in [2.24, 2.45) is 0 Å². The Hall–Kier alpha value is -2.35. The van der Waals surface area contributed by atoms with Gasteiger partial charge in [0.1, 0.15) is 11.6 Å². The number of anilines is 1. The topological polar surface area (TPSA) is 53.6 Å². The third-order valence-electron chi connectivity index (χ3n) is 3.05. The smallest absolute Gasteiger partial charge is 0.129 e. The van der Waals surface area contributed by atoms with E-state index < -0.39 is 0 Å². The van der Waals surface area contributed by atoms with E-state index in [1.54, 1.807) is 19.2 Å². The van der Waals surface area contributed by atoms with Gasteiger partial charge in [-0.2, -0.15) is 5.26 Å². The van der Waals surface area contributed by atoms with E-state index in [4.69, 9.17) is 5.26 Å². The molecular formula is C14H15FN4. The third-order valence-corrected chi connectivity index (χ3v) is 3.05. The number of nitrogens with one attached hydrogen (secondary N) is 1. The van der Waals surface area contributed by atoms with Gasteiger partial charge in [-0.05, 0) is 26.0 Å². The van der Waals surface area contributed by atoms with Gasteiger partial charge in [0.05, 0.1) is 18.2 Å². The molecule has 1 aromatic heterocycles. The summed E-state index contributed by atoms with van der Waals surface area (Å²) in [5.74, 6) is 0.505. The predicted octanol–water partition coefficient (Wildman–Crippen LogP) is 2.83. The van der Waals surface area contributed by atoms with E-state index in [9.17, 15) is 4.39 Å². The zero-order valence-corrected chi connectivity index (χ0v) is 10.9. The third kappa shape index (κ3) is 2.74. The van der Waals surface area contributed by atoms with Gasteiger partial charge < -0.3 is 9.88 Å². The fraction of sp³-hybridized carbons (Fsp3) is 0.286. The number of benzene rings is 1. The summed E-state index contributed by atoms with van der Waals surface area (Å²) in [4.78, 5) is 4.24. The van der Waals surface area contributed by atoms with Crippen LogP contribution in [-0.4, -0.2) is 9.55 Å². The average Bonchev–Trinajstić information content (AvgIpc) is 2.87. The monoisotopic (exact) mass is 258 g/mol. The maximum Gasteiger partial charge on any atom is 0.129 e. The number of halogens is 1. The van der Waals surface area contributed by atoms with Gasteiger partial charge in [-0.25, -0.2) is 9.37 Å². The van der Waals surface area contributed by atoms with E-state index in [1.165, 1.54) is 6.07 Å². The van der Waals surface area contributed by atoms with Crippen LogP contribution in [0.1, 0.15) is 23.9 Å². The number of hydrogen-bond donors (Lipinski definition) is 1. The molecule has 4 nitrogen and oxygen atoms in total. The number of aryl methyl sites for hydroxylation is 1. The highest BCUT2D eigenvalue weighted by Crippen LogP contribution is 2.21. The number of hydrogen-bond acceptors (Lipinski definition) is 3. The second-order valence-electron chi connectivity index (χ2n) is 4.23. The van der Waals surface area contributed by atoms with Gasteiger partial charge in [0.15, 0.2) is 0 Å². The first-order valence-corrected chi connectivity index (χ1v) is 6.09. The molecule has 0 atom stereocenters. The average molecular weight is 258 g/mol. The molecule has 0 saturated heterocycles. The molecular weight excluding hydrogens is 243 g/mol. The number of aromatic nitrogens is 2. The highest BCUT2D eigenvalue weighted by atomic mass is 19.1. The predicted molar refractivity (Wildman–Crippen MR) is 71.1 cm³/mol. The summed E-state index contributed by atoms with van der Waals surface area (Å²) in [5.41, 5.74) is 1.44. The summed E-state index contributed by atoms with van der Waals surface area (Å²) < 4.78 is 15.6. The SMILES string of the molecule is CCn1ccnc1CNc1cc(C#N)cc(F)c1C. The Kier molecular flexibility index (Phi) is 3.81. The van der Waals surface area contributed by atoms with Gasteiger partial charge in [-0.15, -0.1) is 0 Å². The largest absolute Gasteiger partial charge is 0.377 e. The highest BCUT2D eigenvalue weighted by molar-refractivity contribution is 5.55. The standard InChI is InChI=1S/C14H15FN4/c1-3-19-5-4-17-14(19)9-18-13-7-11(8-16)6-12(15)10(13)2/h4-7,18H,3,9H2,1-2H3. The van der Waals surface area contributed by atoms with E-state index in [0.717, 1.165) is 12.4 Å². The van der Waals surface area contributed by atoms with Crippen LogP contribution in [0.25, 0.3) is 0 Å². The summed E-state index contributed by atoms with van der Waals surface area (Å²) in [6, 6.07) is 4.84. The van der Waals surface area contributed by atoms with Crippen molar-refractivity contribution in [3.63, 3.8) is 0 Å². The molecule has 0 aliphatic carbocycles. The minimum absolute atomic E-state index is 0.310. The Balaban J connectivity index is 2.20. The highest BCUT2D eigenvalue weighted by Gasteiger charge is 2.08. The zero-order valence-electron chi connectivity index (χ0n) is 10.9. The molecule has 0 amide bonds. The maximum atomic E-state index is 13.6. The number of nitriles is 1. The molecule has 0 aliphatic rings. The fourth-order valence-electron chi connectivity index (χ4n) is 1.90. The van der Waals surface area contributed by atoms with Crippen LogP contribution in [0.4, 0.5) is 10.1 Å². The Morgan fingerprint density at radius 1 is 1.47 bits per heavy atom. The first-order chi connectivity index (χ1) is 9.15. The quantitative estimate of drug-likeness (QED) is 0.917. The first kappa shape index (κ1) is 13.1. The second kappa shape index (κ2) is 5.53. The lowest BCUT2D eigenvalue weighted by Crippen LogP contribution is -2.09. The summed E-state index contributed by atoms with van der Waals surface area (Å²) in [5, 5.41) is 12.0. The first-order valence-electron chi connectivity index (χ1n) is 6.09. The van der Waals surface area contributed by atoms with Crippen molar-refractivity contribution >= 4 is 5.69 Å². The van der Waals surface area contributed by atoms with Gasteiger partial charge in [-0.3, -0.25) is 0 Å². The van der Waals surface area contributed by atoms with Gasteiger partial charge in [0.2, 0.25) is 0 Å². The molecule has 98 valence electrons. The van der Waals surface area contributed by atoms with Crippen LogP contribution in [0.2, 0.25) is 0 Å². The Morgan fingerprint density at radius 2 is 2.26 bits per heavy atom. The van der Waals surface area contributed by atoms with Crippen LogP contribution in [0, 0.1) is 24.1 Å². The molecule has 0 fully saturated rings. The van der Waals surface area contributed by atoms with E-state index in [1.807, 2.05) is 23.8 Å². The Morgan fingerprint density at radius 3 is 2.95 bits per heavy atom. The Bertz CT molecular complexity index is 625. The van der Waals surface area contributed by atoms with Crippen LogP contribution in [-0.2, 0) is 13.1 Å². The van der Waals surface area contributed by atoms with Crippen LogP contribution < -0.4 is 5.32 Å². The second-order valence-corrected chi connectivity index (χ2v) is 4.23. The number of imidazole rings is 1. The van der Waals surface area contributed by atoms with Gasteiger partial charge in [0.25, 0.3) is 0 Å². The van der Waals surface area contributed by atoms with Crippen LogP contribution in [0.5, 0.6) is 0 Å². The lowest BCUT2D eigenvalue weighted by Gasteiger charge is -2.11. The van der Waals surface area contributed by atoms with Crippen molar-refractivity contribution in [2.45, 2.75) is 26.9 Å². The number of rotatable bonds is 4. The summed E-state index contributed by atoms with van der Waals surface area (Å²) in [7, 11) is 0. The molecule has 0 radical (unpaired) electrons. The summed E-state index contributed by atoms with van der Waals surface area (Å²) in [6.07, 6.45) is 3.63. The van der Waals surface area contributed by atoms with Crippen LogP contribution in [0.3, 0.4) is 0 Å². The molecule has 1 aromatic carbocycles. The van der Waals surface area contributed by atoms with Gasteiger partial charge in [0, 0.05) is 30.2 Å². The van der Waals surface area contributed by atoms with Crippen molar-refractivity contribution in [3.8, 4) is 6.07 Å². The van der Waals surface area contributed by atoms with Crippen LogP contribution >= 0.6 is 0 Å². The van der Waals surface area contributed by atoms with Gasteiger partial charge in [-0.1, -0.05) is 0 Å². The van der Waals surface area contributed by atoms with Gasteiger partial charge >= 0.3 is 0 Å². The molecule has 0 unspecified atom stereocenters. The van der Waals surface area contributed by atoms with E-state index in [2.05, 4.69) is 10.3 Å². The lowest BCUT2D eigenvalue weighted by molar-refractivity contribution is 0.618. The zero-order chi connectivity index (χ0) is 13.8. The molecule has 1 N–H and O–H groups in total. The minimum Gasteiger partial charge on any atom is -0.377 e. The van der Waals surface area contributed by atoms with E-state index in [0.29, 0.717) is 23.4 Å². The van der Waals surface area contributed by atoms with Crippen molar-refractivity contribution in [3.05, 3.63) is 47.3 Å². The molecule has 0 bridgehead atoms. The molecule has 0 saturated carbocycles. The fourth-order valence-corrected chi connectivity index (χ4v) is 1.90.